The van der Waals surface area contributed by atoms with E-state index in [2.05, 4.69) is 31.4 Å². The fraction of sp³-hybridized carbons (Fsp3) is 0.0769. The van der Waals surface area contributed by atoms with Gasteiger partial charge in [-0.25, -0.2) is 0 Å². The highest BCUT2D eigenvalue weighted by molar-refractivity contribution is 9.10. The van der Waals surface area contributed by atoms with E-state index >= 15 is 0 Å². The van der Waals surface area contributed by atoms with E-state index < -0.39 is 5.25 Å². The number of allylic oxidation sites excluding steroid dienone is 1. The van der Waals surface area contributed by atoms with E-state index in [1.165, 1.54) is 35.0 Å². The molecular weight excluding hydrogens is 528 g/mol. The van der Waals surface area contributed by atoms with E-state index in [0.717, 1.165) is 10.0 Å². The van der Waals surface area contributed by atoms with Gasteiger partial charge in [0.2, 0.25) is 11.8 Å². The van der Waals surface area contributed by atoms with Crippen LogP contribution in [0.4, 0.5) is 11.4 Å². The van der Waals surface area contributed by atoms with Crippen LogP contribution in [0.1, 0.15) is 12.0 Å². The van der Waals surface area contributed by atoms with Crippen LogP contribution in [-0.2, 0) is 9.59 Å². The third-order valence-electron chi connectivity index (χ3n) is 4.93. The van der Waals surface area contributed by atoms with Crippen LogP contribution in [0.3, 0.4) is 0 Å². The number of nitrogens with one attached hydrogen (secondary N) is 1. The number of carbonyl (C=O) groups excluding carboxylic acids is 2. The van der Waals surface area contributed by atoms with Crippen molar-refractivity contribution in [2.75, 3.05) is 10.2 Å². The minimum atomic E-state index is -0.659. The van der Waals surface area contributed by atoms with Crippen LogP contribution in [0.2, 0.25) is 0 Å². The molecule has 0 radical (unpaired) electrons. The molecule has 1 heterocycles. The quantitative estimate of drug-likeness (QED) is 0.293. The number of aromatic hydroxyl groups is 1. The van der Waals surface area contributed by atoms with Gasteiger partial charge in [-0.1, -0.05) is 64.1 Å². The number of nitrogens with zero attached hydrogens (tertiary/aromatic N) is 3. The maximum absolute atomic E-state index is 13.2. The highest BCUT2D eigenvalue weighted by Crippen LogP contribution is 2.34. The van der Waals surface area contributed by atoms with Crippen LogP contribution in [-0.4, -0.2) is 33.6 Å². The summed E-state index contributed by atoms with van der Waals surface area (Å²) in [4.78, 5) is 27.2. The van der Waals surface area contributed by atoms with E-state index in [1.807, 2.05) is 48.5 Å². The summed E-state index contributed by atoms with van der Waals surface area (Å²) in [5.41, 5.74) is 2.21. The normalized spacial score (nSPS) is 17.1. The standard InChI is InChI=1S/C26H21BrN4O3S/c27-19-8-10-20(11-9-19)29-24(33)17-23-25(34)31(21-12-14-22(32)15-13-21)26(35-23)30-28-16-4-7-18-5-2-1-3-6-18/h1-16,23,32H,17H2,(H,29,33)/b7-4+,28-16-,30-26-/t23-/m0/s1. The van der Waals surface area contributed by atoms with Crippen LogP contribution in [0, 0.1) is 0 Å². The van der Waals surface area contributed by atoms with Gasteiger partial charge in [0.15, 0.2) is 5.17 Å². The highest BCUT2D eigenvalue weighted by atomic mass is 79.9. The van der Waals surface area contributed by atoms with Crippen molar-refractivity contribution in [2.45, 2.75) is 11.7 Å². The molecule has 1 aliphatic rings. The number of thioether (sulfide) groups is 1. The smallest absolute Gasteiger partial charge is 0.247 e. The van der Waals surface area contributed by atoms with Crippen molar-refractivity contribution in [2.24, 2.45) is 10.2 Å². The average Bonchev–Trinajstić information content (AvgIpc) is 3.16. The molecule has 1 fully saturated rings. The number of halogens is 1. The Morgan fingerprint density at radius 3 is 2.49 bits per heavy atom. The minimum Gasteiger partial charge on any atom is -0.508 e. The lowest BCUT2D eigenvalue weighted by Gasteiger charge is -2.15. The Labute approximate surface area is 215 Å². The third-order valence-corrected chi connectivity index (χ3v) is 6.58. The topological polar surface area (TPSA) is 94.4 Å². The number of amidine groups is 1. The molecule has 0 saturated carbocycles. The first-order valence-electron chi connectivity index (χ1n) is 10.7. The molecule has 4 rings (SSSR count). The summed E-state index contributed by atoms with van der Waals surface area (Å²) in [5.74, 6) is -0.471. The van der Waals surface area contributed by atoms with Crippen molar-refractivity contribution in [3.05, 3.63) is 95.0 Å². The molecule has 1 atom stereocenters. The molecule has 3 aromatic rings. The average molecular weight is 549 g/mol. The Hall–Kier alpha value is -3.69. The molecule has 7 nitrogen and oxygen atoms in total. The van der Waals surface area contributed by atoms with E-state index in [0.29, 0.717) is 16.5 Å². The number of phenolic OH excluding ortho intramolecular Hbond substituents is 1. The Morgan fingerprint density at radius 1 is 1.06 bits per heavy atom. The maximum Gasteiger partial charge on any atom is 0.247 e. The van der Waals surface area contributed by atoms with Crippen LogP contribution in [0.15, 0.2) is 99.6 Å². The van der Waals surface area contributed by atoms with Crippen molar-refractivity contribution in [1.82, 2.24) is 0 Å². The zero-order chi connectivity index (χ0) is 24.6. The van der Waals surface area contributed by atoms with Gasteiger partial charge in [-0.05, 0) is 60.2 Å². The van der Waals surface area contributed by atoms with Gasteiger partial charge in [0.1, 0.15) is 11.0 Å². The molecule has 2 amide bonds. The molecule has 0 aromatic heterocycles. The number of anilines is 2. The predicted octanol–water partition coefficient (Wildman–Crippen LogP) is 5.69. The van der Waals surface area contributed by atoms with Crippen LogP contribution in [0.25, 0.3) is 6.08 Å². The molecule has 176 valence electrons. The first-order valence-corrected chi connectivity index (χ1v) is 12.3. The van der Waals surface area contributed by atoms with Crippen molar-refractivity contribution in [1.29, 1.82) is 0 Å². The summed E-state index contributed by atoms with van der Waals surface area (Å²) >= 11 is 4.54. The number of rotatable bonds is 7. The lowest BCUT2D eigenvalue weighted by Crippen LogP contribution is -2.33. The van der Waals surface area contributed by atoms with Gasteiger partial charge >= 0.3 is 0 Å². The van der Waals surface area contributed by atoms with Crippen LogP contribution >= 0.6 is 27.7 Å². The summed E-state index contributed by atoms with van der Waals surface area (Å²) < 4.78 is 0.904. The van der Waals surface area contributed by atoms with Gasteiger partial charge in [0.25, 0.3) is 0 Å². The Balaban J connectivity index is 1.49. The van der Waals surface area contributed by atoms with E-state index in [9.17, 15) is 14.7 Å². The minimum absolute atomic E-state index is 0.0230. The van der Waals surface area contributed by atoms with E-state index in [4.69, 9.17) is 0 Å². The number of hydrogen-bond donors (Lipinski definition) is 2. The molecule has 2 N–H and O–H groups in total. The molecule has 0 spiro atoms. The monoisotopic (exact) mass is 548 g/mol. The highest BCUT2D eigenvalue weighted by Gasteiger charge is 2.40. The molecule has 3 aromatic carbocycles. The lowest BCUT2D eigenvalue weighted by molar-refractivity contribution is -0.121. The van der Waals surface area contributed by atoms with Crippen molar-refractivity contribution < 1.29 is 14.7 Å². The first-order chi connectivity index (χ1) is 17.0. The van der Waals surface area contributed by atoms with Crippen LogP contribution in [0.5, 0.6) is 5.75 Å². The van der Waals surface area contributed by atoms with Crippen LogP contribution < -0.4 is 10.2 Å². The Kier molecular flexibility index (Phi) is 8.12. The third kappa shape index (κ3) is 6.68. The zero-order valence-electron chi connectivity index (χ0n) is 18.4. The zero-order valence-corrected chi connectivity index (χ0v) is 20.8. The summed E-state index contributed by atoms with van der Waals surface area (Å²) in [6.07, 6.45) is 5.16. The summed E-state index contributed by atoms with van der Waals surface area (Å²) in [6.45, 7) is 0. The molecule has 35 heavy (non-hydrogen) atoms. The van der Waals surface area contributed by atoms with Gasteiger partial charge in [-0.3, -0.25) is 14.5 Å². The van der Waals surface area contributed by atoms with Gasteiger partial charge in [-0.2, -0.15) is 5.10 Å². The largest absolute Gasteiger partial charge is 0.508 e. The molecular formula is C26H21BrN4O3S. The number of benzene rings is 3. The fourth-order valence-electron chi connectivity index (χ4n) is 3.26. The predicted molar refractivity (Wildman–Crippen MR) is 146 cm³/mol. The fourth-order valence-corrected chi connectivity index (χ4v) is 4.61. The number of hydrogen-bond acceptors (Lipinski definition) is 6. The molecule has 0 unspecified atom stereocenters. The summed E-state index contributed by atoms with van der Waals surface area (Å²) in [5, 5.41) is 20.5. The number of amides is 2. The van der Waals surface area contributed by atoms with E-state index in [1.54, 1.807) is 30.3 Å². The van der Waals surface area contributed by atoms with Gasteiger partial charge in [0.05, 0.1) is 5.69 Å². The SMILES string of the molecule is O=C(C[C@@H]1S\C(=N/N=C\C=C\c2ccccc2)N(c2ccc(O)cc2)C1=O)Nc1ccc(Br)cc1. The van der Waals surface area contributed by atoms with Crippen molar-refractivity contribution >= 4 is 68.3 Å². The second kappa shape index (κ2) is 11.6. The molecule has 1 saturated heterocycles. The maximum atomic E-state index is 13.2. The molecule has 1 aliphatic heterocycles. The number of carbonyl (C=O) groups is 2. The second-order valence-electron chi connectivity index (χ2n) is 7.47. The number of phenols is 1. The Morgan fingerprint density at radius 2 is 1.77 bits per heavy atom. The molecule has 0 aliphatic carbocycles. The molecule has 9 heteroatoms. The molecule has 0 bridgehead atoms. The van der Waals surface area contributed by atoms with Gasteiger partial charge in [-0.15, -0.1) is 5.10 Å². The second-order valence-corrected chi connectivity index (χ2v) is 9.56. The Bertz CT molecular complexity index is 1280. The van der Waals surface area contributed by atoms with E-state index in [-0.39, 0.29) is 24.0 Å². The first kappa shape index (κ1) is 24.4. The lowest BCUT2D eigenvalue weighted by atomic mass is 10.2. The van der Waals surface area contributed by atoms with Gasteiger partial charge < -0.3 is 10.4 Å². The van der Waals surface area contributed by atoms with Crippen molar-refractivity contribution in [3.8, 4) is 5.75 Å². The summed E-state index contributed by atoms with van der Waals surface area (Å²) in [6, 6.07) is 23.2. The summed E-state index contributed by atoms with van der Waals surface area (Å²) in [7, 11) is 0. The van der Waals surface area contributed by atoms with Crippen molar-refractivity contribution in [3.63, 3.8) is 0 Å². The van der Waals surface area contributed by atoms with Gasteiger partial charge in [0, 0.05) is 22.8 Å².